The lowest BCUT2D eigenvalue weighted by Crippen LogP contribution is -2.33. The van der Waals surface area contributed by atoms with Crippen LogP contribution in [-0.2, 0) is 9.59 Å². The first kappa shape index (κ1) is 14.8. The molecule has 0 bridgehead atoms. The number of carbonyl (C=O) groups is 2. The Morgan fingerprint density at radius 2 is 2.00 bits per heavy atom. The summed E-state index contributed by atoms with van der Waals surface area (Å²) in [5, 5.41) is 8.77. The topological polar surface area (TPSA) is 57.6 Å². The molecule has 0 aliphatic carbocycles. The second kappa shape index (κ2) is 7.22. The van der Waals surface area contributed by atoms with Crippen LogP contribution in [0, 0.1) is 19.3 Å². The number of carbonyl (C=O) groups excluding carboxylic acids is 1. The lowest BCUT2D eigenvalue weighted by atomic mass is 10.1. The second-order valence-electron chi connectivity index (χ2n) is 4.18. The molecule has 0 saturated carbocycles. The standard InChI is InChI=1S/C15H17NO3/c1-3-4-9-14(17)16(11-10-15(18)19)13-8-6-5-7-12(13)2/h1,5-8H,4,9-11H2,2H3,(H,18,19). The van der Waals surface area contributed by atoms with E-state index in [1.54, 1.807) is 0 Å². The van der Waals surface area contributed by atoms with Gasteiger partial charge in [0.2, 0.25) is 5.91 Å². The number of carboxylic acid groups (broad SMARTS) is 1. The molecule has 1 aromatic carbocycles. The highest BCUT2D eigenvalue weighted by Crippen LogP contribution is 2.20. The molecule has 0 fully saturated rings. The Morgan fingerprint density at radius 1 is 1.32 bits per heavy atom. The average Bonchev–Trinajstić information content (AvgIpc) is 2.38. The van der Waals surface area contributed by atoms with Gasteiger partial charge in [0.05, 0.1) is 6.42 Å². The number of hydrogen-bond acceptors (Lipinski definition) is 2. The number of rotatable bonds is 6. The first-order chi connectivity index (χ1) is 9.06. The molecule has 1 rings (SSSR count). The van der Waals surface area contributed by atoms with Crippen LogP contribution in [0.1, 0.15) is 24.8 Å². The lowest BCUT2D eigenvalue weighted by molar-refractivity contribution is -0.136. The third kappa shape index (κ3) is 4.47. The van der Waals surface area contributed by atoms with E-state index in [9.17, 15) is 9.59 Å². The van der Waals surface area contributed by atoms with Crippen molar-refractivity contribution < 1.29 is 14.7 Å². The Kier molecular flexibility index (Phi) is 5.62. The molecule has 0 atom stereocenters. The summed E-state index contributed by atoms with van der Waals surface area (Å²) >= 11 is 0. The van der Waals surface area contributed by atoms with Gasteiger partial charge in [-0.2, -0.15) is 0 Å². The summed E-state index contributed by atoms with van der Waals surface area (Å²) in [4.78, 5) is 24.3. The van der Waals surface area contributed by atoms with Gasteiger partial charge in [-0.25, -0.2) is 0 Å². The van der Waals surface area contributed by atoms with Crippen LogP contribution in [0.25, 0.3) is 0 Å². The molecular weight excluding hydrogens is 242 g/mol. The predicted molar refractivity (Wildman–Crippen MR) is 73.9 cm³/mol. The van der Waals surface area contributed by atoms with Crippen molar-refractivity contribution in [3.63, 3.8) is 0 Å². The number of anilines is 1. The molecule has 0 aromatic heterocycles. The van der Waals surface area contributed by atoms with Gasteiger partial charge < -0.3 is 10.0 Å². The minimum Gasteiger partial charge on any atom is -0.481 e. The summed E-state index contributed by atoms with van der Waals surface area (Å²) in [6, 6.07) is 7.40. The monoisotopic (exact) mass is 259 g/mol. The second-order valence-corrected chi connectivity index (χ2v) is 4.18. The Bertz CT molecular complexity index is 502. The van der Waals surface area contributed by atoms with Gasteiger partial charge in [-0.05, 0) is 18.6 Å². The molecule has 1 aromatic rings. The fraction of sp³-hybridized carbons (Fsp3) is 0.333. The SMILES string of the molecule is C#CCCC(=O)N(CCC(=O)O)c1ccccc1C. The van der Waals surface area contributed by atoms with Crippen molar-refractivity contribution in [3.05, 3.63) is 29.8 Å². The summed E-state index contributed by atoms with van der Waals surface area (Å²) in [7, 11) is 0. The average molecular weight is 259 g/mol. The van der Waals surface area contributed by atoms with Crippen LogP contribution in [0.2, 0.25) is 0 Å². The normalized spacial score (nSPS) is 9.68. The summed E-state index contributed by atoms with van der Waals surface area (Å²) < 4.78 is 0. The zero-order chi connectivity index (χ0) is 14.3. The molecule has 0 unspecified atom stereocenters. The van der Waals surface area contributed by atoms with E-state index >= 15 is 0 Å². The van der Waals surface area contributed by atoms with Crippen LogP contribution in [-0.4, -0.2) is 23.5 Å². The number of aliphatic carboxylic acids is 1. The molecule has 0 radical (unpaired) electrons. The van der Waals surface area contributed by atoms with E-state index in [-0.39, 0.29) is 25.3 Å². The van der Waals surface area contributed by atoms with Crippen molar-refractivity contribution in [2.24, 2.45) is 0 Å². The van der Waals surface area contributed by atoms with E-state index < -0.39 is 5.97 Å². The fourth-order valence-electron chi connectivity index (χ4n) is 1.77. The van der Waals surface area contributed by atoms with Gasteiger partial charge in [-0.1, -0.05) is 18.2 Å². The maximum atomic E-state index is 12.1. The van der Waals surface area contributed by atoms with Crippen LogP contribution < -0.4 is 4.90 Å². The molecule has 100 valence electrons. The van der Waals surface area contributed by atoms with E-state index in [0.29, 0.717) is 6.42 Å². The first-order valence-corrected chi connectivity index (χ1v) is 6.07. The number of carboxylic acids is 1. The number of hydrogen-bond donors (Lipinski definition) is 1. The third-order valence-electron chi connectivity index (χ3n) is 2.74. The van der Waals surface area contributed by atoms with E-state index in [1.807, 2.05) is 31.2 Å². The zero-order valence-corrected chi connectivity index (χ0v) is 10.9. The smallest absolute Gasteiger partial charge is 0.305 e. The minimum atomic E-state index is -0.927. The van der Waals surface area contributed by atoms with Crippen LogP contribution >= 0.6 is 0 Å². The molecule has 0 aliphatic rings. The van der Waals surface area contributed by atoms with Crippen molar-refractivity contribution in [3.8, 4) is 12.3 Å². The lowest BCUT2D eigenvalue weighted by Gasteiger charge is -2.23. The van der Waals surface area contributed by atoms with Crippen molar-refractivity contribution in [1.29, 1.82) is 0 Å². The van der Waals surface area contributed by atoms with Crippen molar-refractivity contribution in [2.45, 2.75) is 26.2 Å². The highest BCUT2D eigenvalue weighted by atomic mass is 16.4. The molecule has 0 heterocycles. The molecule has 4 heteroatoms. The van der Waals surface area contributed by atoms with Crippen LogP contribution in [0.15, 0.2) is 24.3 Å². The Balaban J connectivity index is 2.92. The van der Waals surface area contributed by atoms with Gasteiger partial charge in [0.1, 0.15) is 0 Å². The fourth-order valence-corrected chi connectivity index (χ4v) is 1.77. The number of benzene rings is 1. The summed E-state index contributed by atoms with van der Waals surface area (Å²) in [6.45, 7) is 2.04. The van der Waals surface area contributed by atoms with Gasteiger partial charge in [0, 0.05) is 25.1 Å². The number of amides is 1. The molecule has 0 spiro atoms. The van der Waals surface area contributed by atoms with Gasteiger partial charge in [-0.3, -0.25) is 9.59 Å². The number of nitrogens with zero attached hydrogens (tertiary/aromatic N) is 1. The summed E-state index contributed by atoms with van der Waals surface area (Å²) in [6.07, 6.45) is 5.65. The first-order valence-electron chi connectivity index (χ1n) is 6.07. The number of para-hydroxylation sites is 1. The predicted octanol–water partition coefficient (Wildman–Crippen LogP) is 2.22. The summed E-state index contributed by atoms with van der Waals surface area (Å²) in [5.74, 6) is 1.35. The Hall–Kier alpha value is -2.28. The van der Waals surface area contributed by atoms with Crippen molar-refractivity contribution in [1.82, 2.24) is 0 Å². The maximum Gasteiger partial charge on any atom is 0.305 e. The molecular formula is C15H17NO3. The van der Waals surface area contributed by atoms with Crippen LogP contribution in [0.3, 0.4) is 0 Å². The van der Waals surface area contributed by atoms with E-state index in [0.717, 1.165) is 11.3 Å². The molecule has 1 amide bonds. The van der Waals surface area contributed by atoms with Crippen LogP contribution in [0.4, 0.5) is 5.69 Å². The van der Waals surface area contributed by atoms with Crippen molar-refractivity contribution >= 4 is 17.6 Å². The highest BCUT2D eigenvalue weighted by molar-refractivity contribution is 5.94. The molecule has 0 aliphatic heterocycles. The third-order valence-corrected chi connectivity index (χ3v) is 2.74. The van der Waals surface area contributed by atoms with E-state index in [2.05, 4.69) is 5.92 Å². The quantitative estimate of drug-likeness (QED) is 0.797. The Morgan fingerprint density at radius 3 is 2.58 bits per heavy atom. The van der Waals surface area contributed by atoms with Gasteiger partial charge in [-0.15, -0.1) is 12.3 Å². The number of aryl methyl sites for hydroxylation is 1. The number of terminal acetylenes is 1. The van der Waals surface area contributed by atoms with Gasteiger partial charge in [0.15, 0.2) is 0 Å². The minimum absolute atomic E-state index is 0.0872. The van der Waals surface area contributed by atoms with Crippen molar-refractivity contribution in [2.75, 3.05) is 11.4 Å². The Labute approximate surface area is 113 Å². The highest BCUT2D eigenvalue weighted by Gasteiger charge is 2.17. The molecule has 4 nitrogen and oxygen atoms in total. The molecule has 0 saturated heterocycles. The summed E-state index contributed by atoms with van der Waals surface area (Å²) in [5.41, 5.74) is 1.67. The van der Waals surface area contributed by atoms with Gasteiger partial charge >= 0.3 is 5.97 Å². The largest absolute Gasteiger partial charge is 0.481 e. The van der Waals surface area contributed by atoms with Crippen LogP contribution in [0.5, 0.6) is 0 Å². The van der Waals surface area contributed by atoms with Gasteiger partial charge in [0.25, 0.3) is 0 Å². The molecule has 1 N–H and O–H groups in total. The maximum absolute atomic E-state index is 12.1. The van der Waals surface area contributed by atoms with E-state index in [4.69, 9.17) is 11.5 Å². The van der Waals surface area contributed by atoms with E-state index in [1.165, 1.54) is 4.90 Å². The molecule has 19 heavy (non-hydrogen) atoms. The zero-order valence-electron chi connectivity index (χ0n) is 10.9.